The molecule has 0 spiro atoms. The van der Waals surface area contributed by atoms with Crippen molar-refractivity contribution in [2.45, 2.75) is 60.0 Å². The number of nitrogens with zero attached hydrogens (tertiary/aromatic N) is 2. The molecule has 0 aromatic heterocycles. The normalized spacial score (nSPS) is 12.5. The molecule has 8 heteroatoms. The van der Waals surface area contributed by atoms with Crippen molar-refractivity contribution in [1.82, 2.24) is 10.2 Å². The molecule has 1 N–H and O–H groups in total. The molecule has 0 saturated heterocycles. The van der Waals surface area contributed by atoms with Gasteiger partial charge < -0.3 is 10.2 Å². The maximum absolute atomic E-state index is 13.6. The largest absolute Gasteiger partial charge is 0.354 e. The number of nitrogens with one attached hydrogen (secondary N) is 1. The number of rotatable bonds is 11. The summed E-state index contributed by atoms with van der Waals surface area (Å²) in [5.74, 6) is -0.384. The van der Waals surface area contributed by atoms with Gasteiger partial charge in [0.15, 0.2) is 0 Å². The lowest BCUT2D eigenvalue weighted by atomic mass is 10.0. The summed E-state index contributed by atoms with van der Waals surface area (Å²) in [6.07, 6.45) is 1.10. The van der Waals surface area contributed by atoms with Crippen LogP contribution in [0.25, 0.3) is 0 Å². The van der Waals surface area contributed by atoms with E-state index in [-0.39, 0.29) is 24.3 Å². The quantitative estimate of drug-likeness (QED) is 0.503. The van der Waals surface area contributed by atoms with Crippen LogP contribution in [0.4, 0.5) is 5.69 Å². The van der Waals surface area contributed by atoms with Gasteiger partial charge in [0.25, 0.3) is 0 Å². The van der Waals surface area contributed by atoms with Crippen LogP contribution in [0.3, 0.4) is 0 Å². The summed E-state index contributed by atoms with van der Waals surface area (Å²) in [6.45, 7) is 11.9. The van der Waals surface area contributed by atoms with E-state index in [0.29, 0.717) is 12.2 Å². The van der Waals surface area contributed by atoms with E-state index in [1.54, 1.807) is 19.1 Å². The fourth-order valence-electron chi connectivity index (χ4n) is 3.72. The van der Waals surface area contributed by atoms with Crippen LogP contribution in [0.2, 0.25) is 0 Å². The average Bonchev–Trinajstić information content (AvgIpc) is 2.79. The Morgan fingerprint density at radius 3 is 2.09 bits per heavy atom. The highest BCUT2D eigenvalue weighted by molar-refractivity contribution is 7.92. The van der Waals surface area contributed by atoms with Crippen LogP contribution in [0, 0.1) is 12.8 Å². The number of benzene rings is 2. The van der Waals surface area contributed by atoms with Crippen LogP contribution < -0.4 is 9.62 Å². The minimum atomic E-state index is -3.76. The third-order valence-electron chi connectivity index (χ3n) is 5.83. The Labute approximate surface area is 210 Å². The third kappa shape index (κ3) is 8.09. The van der Waals surface area contributed by atoms with Crippen molar-refractivity contribution in [3.8, 4) is 0 Å². The van der Waals surface area contributed by atoms with E-state index >= 15 is 0 Å². The van der Waals surface area contributed by atoms with Crippen LogP contribution in [0.15, 0.2) is 48.5 Å². The topological polar surface area (TPSA) is 86.8 Å². The SMILES string of the molecule is Cc1ccc(CN(C(=O)CN(c2ccccc2C(C)C)S(C)(=O)=O)[C@H](C)C(=O)NCC(C)C)cc1. The number of carbonyl (C=O) groups is 2. The second-order valence-electron chi connectivity index (χ2n) is 9.81. The number of aryl methyl sites for hydroxylation is 1. The molecular formula is C27H39N3O4S. The van der Waals surface area contributed by atoms with Gasteiger partial charge in [-0.05, 0) is 42.9 Å². The summed E-state index contributed by atoms with van der Waals surface area (Å²) in [5.41, 5.74) is 3.26. The molecule has 192 valence electrons. The number of amides is 2. The molecule has 0 aliphatic carbocycles. The summed E-state index contributed by atoms with van der Waals surface area (Å²) >= 11 is 0. The average molecular weight is 502 g/mol. The van der Waals surface area contributed by atoms with Gasteiger partial charge in [0.2, 0.25) is 21.8 Å². The second kappa shape index (κ2) is 12.2. The van der Waals surface area contributed by atoms with E-state index in [2.05, 4.69) is 5.32 Å². The predicted octanol–water partition coefficient (Wildman–Crippen LogP) is 4.07. The lowest BCUT2D eigenvalue weighted by Crippen LogP contribution is -2.51. The van der Waals surface area contributed by atoms with Crippen LogP contribution in [-0.2, 0) is 26.2 Å². The zero-order valence-electron chi connectivity index (χ0n) is 21.9. The molecule has 7 nitrogen and oxygen atoms in total. The molecular weight excluding hydrogens is 462 g/mol. The molecule has 1 atom stereocenters. The van der Waals surface area contributed by atoms with Gasteiger partial charge >= 0.3 is 0 Å². The van der Waals surface area contributed by atoms with Gasteiger partial charge in [-0.2, -0.15) is 0 Å². The predicted molar refractivity (Wildman–Crippen MR) is 142 cm³/mol. The lowest BCUT2D eigenvalue weighted by molar-refractivity contribution is -0.139. The molecule has 35 heavy (non-hydrogen) atoms. The molecule has 2 aromatic carbocycles. The van der Waals surface area contributed by atoms with Crippen LogP contribution in [0.1, 0.15) is 57.2 Å². The first-order valence-electron chi connectivity index (χ1n) is 12.0. The molecule has 2 amide bonds. The Hall–Kier alpha value is -2.87. The maximum Gasteiger partial charge on any atom is 0.244 e. The first-order chi connectivity index (χ1) is 16.3. The van der Waals surface area contributed by atoms with Gasteiger partial charge in [-0.1, -0.05) is 75.7 Å². The first kappa shape index (κ1) is 28.4. The Kier molecular flexibility index (Phi) is 9.89. The Morgan fingerprint density at radius 1 is 0.943 bits per heavy atom. The molecule has 0 aliphatic rings. The molecule has 0 unspecified atom stereocenters. The van der Waals surface area contributed by atoms with Gasteiger partial charge in [0.1, 0.15) is 12.6 Å². The number of hydrogen-bond donors (Lipinski definition) is 1. The highest BCUT2D eigenvalue weighted by atomic mass is 32.2. The molecule has 2 aromatic rings. The van der Waals surface area contributed by atoms with E-state index in [1.165, 1.54) is 4.90 Å². The summed E-state index contributed by atoms with van der Waals surface area (Å²) < 4.78 is 26.8. The van der Waals surface area contributed by atoms with Crippen molar-refractivity contribution < 1.29 is 18.0 Å². The molecule has 0 fully saturated rings. The fourth-order valence-corrected chi connectivity index (χ4v) is 4.59. The summed E-state index contributed by atoms with van der Waals surface area (Å²) in [7, 11) is -3.76. The van der Waals surface area contributed by atoms with Crippen molar-refractivity contribution in [2.75, 3.05) is 23.7 Å². The second-order valence-corrected chi connectivity index (χ2v) is 11.7. The van der Waals surface area contributed by atoms with Gasteiger partial charge in [-0.3, -0.25) is 13.9 Å². The third-order valence-corrected chi connectivity index (χ3v) is 6.96. The summed E-state index contributed by atoms with van der Waals surface area (Å²) in [5, 5.41) is 2.89. The van der Waals surface area contributed by atoms with Crippen molar-refractivity contribution in [1.29, 1.82) is 0 Å². The number of para-hydroxylation sites is 1. The highest BCUT2D eigenvalue weighted by Gasteiger charge is 2.31. The summed E-state index contributed by atoms with van der Waals surface area (Å²) in [6, 6.07) is 14.1. The van der Waals surface area contributed by atoms with Crippen molar-refractivity contribution >= 4 is 27.5 Å². The lowest BCUT2D eigenvalue weighted by Gasteiger charge is -2.32. The minimum Gasteiger partial charge on any atom is -0.354 e. The number of anilines is 1. The Bertz CT molecular complexity index is 1110. The Balaban J connectivity index is 2.42. The van der Waals surface area contributed by atoms with Gasteiger partial charge in [-0.15, -0.1) is 0 Å². The fraction of sp³-hybridized carbons (Fsp3) is 0.481. The number of carbonyl (C=O) groups excluding carboxylic acids is 2. The van der Waals surface area contributed by atoms with Crippen LogP contribution in [-0.4, -0.2) is 50.5 Å². The van der Waals surface area contributed by atoms with Gasteiger partial charge in [0, 0.05) is 13.1 Å². The molecule has 0 aliphatic heterocycles. The van der Waals surface area contributed by atoms with E-state index in [0.717, 1.165) is 27.3 Å². The van der Waals surface area contributed by atoms with E-state index in [4.69, 9.17) is 0 Å². The minimum absolute atomic E-state index is 0.0648. The standard InChI is InChI=1S/C27H39N3O4S/c1-19(2)16-28-27(32)22(6)29(17-23-14-12-21(5)13-15-23)26(31)18-30(35(7,33)34)25-11-9-8-10-24(25)20(3)4/h8-15,19-20,22H,16-18H2,1-7H3,(H,28,32)/t22-/m1/s1. The van der Waals surface area contributed by atoms with Crippen molar-refractivity contribution in [3.05, 3.63) is 65.2 Å². The van der Waals surface area contributed by atoms with E-state index in [1.807, 2.05) is 71.0 Å². The molecule has 2 rings (SSSR count). The zero-order valence-corrected chi connectivity index (χ0v) is 22.7. The van der Waals surface area contributed by atoms with Gasteiger partial charge in [0.05, 0.1) is 11.9 Å². The van der Waals surface area contributed by atoms with E-state index in [9.17, 15) is 18.0 Å². The molecule has 0 radical (unpaired) electrons. The van der Waals surface area contributed by atoms with Crippen molar-refractivity contribution in [3.63, 3.8) is 0 Å². The van der Waals surface area contributed by atoms with E-state index < -0.39 is 28.5 Å². The number of hydrogen-bond acceptors (Lipinski definition) is 4. The van der Waals surface area contributed by atoms with Crippen LogP contribution >= 0.6 is 0 Å². The maximum atomic E-state index is 13.6. The molecule has 0 bridgehead atoms. The molecule has 0 saturated carbocycles. The number of sulfonamides is 1. The highest BCUT2D eigenvalue weighted by Crippen LogP contribution is 2.29. The van der Waals surface area contributed by atoms with Crippen LogP contribution in [0.5, 0.6) is 0 Å². The van der Waals surface area contributed by atoms with Crippen molar-refractivity contribution in [2.24, 2.45) is 5.92 Å². The smallest absolute Gasteiger partial charge is 0.244 e. The Morgan fingerprint density at radius 2 is 1.54 bits per heavy atom. The van der Waals surface area contributed by atoms with Gasteiger partial charge in [-0.25, -0.2) is 8.42 Å². The monoisotopic (exact) mass is 501 g/mol. The molecule has 0 heterocycles. The summed E-state index contributed by atoms with van der Waals surface area (Å²) in [4.78, 5) is 28.0. The first-order valence-corrected chi connectivity index (χ1v) is 13.9. The zero-order chi connectivity index (χ0) is 26.3.